The van der Waals surface area contributed by atoms with Crippen LogP contribution < -0.4 is 10.6 Å². The molecule has 3 N–H and O–H groups in total. The number of urea groups is 1. The van der Waals surface area contributed by atoms with Gasteiger partial charge in [-0.15, -0.1) is 0 Å². The van der Waals surface area contributed by atoms with Gasteiger partial charge in [0.25, 0.3) is 0 Å². The van der Waals surface area contributed by atoms with Gasteiger partial charge in [0.2, 0.25) is 0 Å². The molecule has 0 aromatic heterocycles. The SMILES string of the molecule is CC[C@H](NC(=O)Nc1c(C)cc(C)cc1C)C(=O)O. The Morgan fingerprint density at radius 1 is 1.21 bits per heavy atom. The van der Waals surface area contributed by atoms with Crippen molar-refractivity contribution in [3.05, 3.63) is 28.8 Å². The van der Waals surface area contributed by atoms with Crippen molar-refractivity contribution >= 4 is 17.7 Å². The van der Waals surface area contributed by atoms with E-state index in [-0.39, 0.29) is 0 Å². The van der Waals surface area contributed by atoms with Crippen molar-refractivity contribution < 1.29 is 14.7 Å². The topological polar surface area (TPSA) is 78.4 Å². The van der Waals surface area contributed by atoms with Gasteiger partial charge in [0, 0.05) is 5.69 Å². The fraction of sp³-hybridized carbons (Fsp3) is 0.429. The van der Waals surface area contributed by atoms with Crippen LogP contribution in [-0.2, 0) is 4.79 Å². The van der Waals surface area contributed by atoms with Crippen LogP contribution >= 0.6 is 0 Å². The van der Waals surface area contributed by atoms with Crippen LogP contribution in [-0.4, -0.2) is 23.1 Å². The van der Waals surface area contributed by atoms with Crippen LogP contribution in [0, 0.1) is 20.8 Å². The van der Waals surface area contributed by atoms with Crippen LogP contribution in [0.5, 0.6) is 0 Å². The predicted octanol–water partition coefficient (Wildman–Crippen LogP) is 2.60. The molecule has 0 radical (unpaired) electrons. The Hall–Kier alpha value is -2.04. The van der Waals surface area contributed by atoms with E-state index in [1.54, 1.807) is 6.92 Å². The second-order valence-corrected chi connectivity index (χ2v) is 4.67. The van der Waals surface area contributed by atoms with E-state index in [1.807, 2.05) is 32.9 Å². The fourth-order valence-corrected chi connectivity index (χ4v) is 2.02. The Balaban J connectivity index is 2.80. The monoisotopic (exact) mass is 264 g/mol. The molecule has 2 amide bonds. The quantitative estimate of drug-likeness (QED) is 0.782. The Labute approximate surface area is 113 Å². The van der Waals surface area contributed by atoms with Crippen molar-refractivity contribution in [1.29, 1.82) is 0 Å². The first-order chi connectivity index (χ1) is 8.85. The summed E-state index contributed by atoms with van der Waals surface area (Å²) < 4.78 is 0. The summed E-state index contributed by atoms with van der Waals surface area (Å²) in [6.07, 6.45) is 0.342. The van der Waals surface area contributed by atoms with Gasteiger partial charge < -0.3 is 15.7 Å². The smallest absolute Gasteiger partial charge is 0.326 e. The number of carboxylic acid groups (broad SMARTS) is 1. The average Bonchev–Trinajstić information content (AvgIpc) is 2.30. The number of hydrogen-bond donors (Lipinski definition) is 3. The van der Waals surface area contributed by atoms with E-state index in [4.69, 9.17) is 5.11 Å². The first-order valence-electron chi connectivity index (χ1n) is 6.23. The van der Waals surface area contributed by atoms with E-state index in [0.29, 0.717) is 6.42 Å². The lowest BCUT2D eigenvalue weighted by Crippen LogP contribution is -2.42. The lowest BCUT2D eigenvalue weighted by atomic mass is 10.1. The molecule has 5 heteroatoms. The summed E-state index contributed by atoms with van der Waals surface area (Å²) in [5.41, 5.74) is 3.76. The zero-order valence-electron chi connectivity index (χ0n) is 11.7. The molecule has 104 valence electrons. The number of nitrogens with one attached hydrogen (secondary N) is 2. The van der Waals surface area contributed by atoms with Crippen LogP contribution in [0.25, 0.3) is 0 Å². The van der Waals surface area contributed by atoms with E-state index in [0.717, 1.165) is 22.4 Å². The molecule has 0 heterocycles. The van der Waals surface area contributed by atoms with Gasteiger partial charge in [-0.3, -0.25) is 0 Å². The van der Waals surface area contributed by atoms with E-state index < -0.39 is 18.0 Å². The largest absolute Gasteiger partial charge is 0.480 e. The number of benzene rings is 1. The molecule has 1 atom stereocenters. The zero-order chi connectivity index (χ0) is 14.6. The highest BCUT2D eigenvalue weighted by atomic mass is 16.4. The first kappa shape index (κ1) is 15.0. The Kier molecular flexibility index (Phi) is 4.92. The molecule has 0 fully saturated rings. The number of carboxylic acids is 1. The summed E-state index contributed by atoms with van der Waals surface area (Å²) in [5, 5.41) is 14.0. The second-order valence-electron chi connectivity index (χ2n) is 4.67. The molecule has 0 spiro atoms. The molecule has 0 saturated heterocycles. The maximum atomic E-state index is 11.8. The summed E-state index contributed by atoms with van der Waals surface area (Å²) in [7, 11) is 0. The molecule has 0 bridgehead atoms. The zero-order valence-corrected chi connectivity index (χ0v) is 11.7. The average molecular weight is 264 g/mol. The summed E-state index contributed by atoms with van der Waals surface area (Å²) in [4.78, 5) is 22.6. The van der Waals surface area contributed by atoms with Crippen LogP contribution in [0.3, 0.4) is 0 Å². The third-order valence-corrected chi connectivity index (χ3v) is 2.93. The molecule has 5 nitrogen and oxygen atoms in total. The third kappa shape index (κ3) is 3.98. The normalized spacial score (nSPS) is 11.8. The number of anilines is 1. The van der Waals surface area contributed by atoms with Gasteiger partial charge >= 0.3 is 12.0 Å². The second kappa shape index (κ2) is 6.22. The molecule has 1 aromatic rings. The third-order valence-electron chi connectivity index (χ3n) is 2.93. The van der Waals surface area contributed by atoms with E-state index in [1.165, 1.54) is 0 Å². The summed E-state index contributed by atoms with van der Waals surface area (Å²) in [5.74, 6) is -1.03. The summed E-state index contributed by atoms with van der Waals surface area (Å²) in [6, 6.07) is 2.57. The van der Waals surface area contributed by atoms with Gasteiger partial charge in [0.15, 0.2) is 0 Å². The van der Waals surface area contributed by atoms with E-state index in [2.05, 4.69) is 10.6 Å². The highest BCUT2D eigenvalue weighted by Gasteiger charge is 2.18. The minimum atomic E-state index is -1.03. The first-order valence-corrected chi connectivity index (χ1v) is 6.23. The Morgan fingerprint density at radius 2 is 1.74 bits per heavy atom. The highest BCUT2D eigenvalue weighted by molar-refractivity contribution is 5.93. The maximum absolute atomic E-state index is 11.8. The number of rotatable bonds is 4. The van der Waals surface area contributed by atoms with Crippen molar-refractivity contribution in [2.24, 2.45) is 0 Å². The van der Waals surface area contributed by atoms with Gasteiger partial charge in [-0.25, -0.2) is 9.59 Å². The van der Waals surface area contributed by atoms with Crippen LogP contribution in [0.2, 0.25) is 0 Å². The fourth-order valence-electron chi connectivity index (χ4n) is 2.02. The van der Waals surface area contributed by atoms with E-state index in [9.17, 15) is 9.59 Å². The number of aliphatic carboxylic acids is 1. The molecular formula is C14H20N2O3. The number of carbonyl (C=O) groups excluding carboxylic acids is 1. The molecule has 0 aliphatic rings. The number of hydrogen-bond acceptors (Lipinski definition) is 2. The van der Waals surface area contributed by atoms with Gasteiger partial charge in [-0.1, -0.05) is 24.6 Å². The number of amides is 2. The highest BCUT2D eigenvalue weighted by Crippen LogP contribution is 2.21. The van der Waals surface area contributed by atoms with Crippen molar-refractivity contribution in [2.75, 3.05) is 5.32 Å². The standard InChI is InChI=1S/C14H20N2O3/c1-5-11(13(17)18)15-14(19)16-12-9(3)6-8(2)7-10(12)4/h6-7,11H,5H2,1-4H3,(H,17,18)(H2,15,16,19)/t11-/m0/s1. The van der Waals surface area contributed by atoms with Gasteiger partial charge in [0.05, 0.1) is 0 Å². The molecule has 1 rings (SSSR count). The van der Waals surface area contributed by atoms with Crippen molar-refractivity contribution in [2.45, 2.75) is 40.2 Å². The van der Waals surface area contributed by atoms with Crippen molar-refractivity contribution in [3.8, 4) is 0 Å². The minimum Gasteiger partial charge on any atom is -0.480 e. The Morgan fingerprint density at radius 3 is 2.16 bits per heavy atom. The van der Waals surface area contributed by atoms with Gasteiger partial charge in [-0.2, -0.15) is 0 Å². The van der Waals surface area contributed by atoms with Crippen LogP contribution in [0.4, 0.5) is 10.5 Å². The summed E-state index contributed by atoms with van der Waals surface area (Å²) >= 11 is 0. The lowest BCUT2D eigenvalue weighted by Gasteiger charge is -2.16. The molecular weight excluding hydrogens is 244 g/mol. The maximum Gasteiger partial charge on any atom is 0.326 e. The predicted molar refractivity (Wildman–Crippen MR) is 74.5 cm³/mol. The number of aryl methyl sites for hydroxylation is 3. The number of carbonyl (C=O) groups is 2. The van der Waals surface area contributed by atoms with Crippen LogP contribution in [0.1, 0.15) is 30.0 Å². The lowest BCUT2D eigenvalue weighted by molar-refractivity contribution is -0.139. The molecule has 0 unspecified atom stereocenters. The van der Waals surface area contributed by atoms with Crippen LogP contribution in [0.15, 0.2) is 12.1 Å². The minimum absolute atomic E-state index is 0.342. The van der Waals surface area contributed by atoms with Crippen molar-refractivity contribution in [1.82, 2.24) is 5.32 Å². The van der Waals surface area contributed by atoms with Gasteiger partial charge in [0.1, 0.15) is 6.04 Å². The molecule has 1 aromatic carbocycles. The molecule has 19 heavy (non-hydrogen) atoms. The Bertz CT molecular complexity index is 474. The summed E-state index contributed by atoms with van der Waals surface area (Å²) in [6.45, 7) is 7.51. The molecule has 0 aliphatic carbocycles. The van der Waals surface area contributed by atoms with Crippen molar-refractivity contribution in [3.63, 3.8) is 0 Å². The molecule has 0 saturated carbocycles. The molecule has 0 aliphatic heterocycles. The van der Waals surface area contributed by atoms with E-state index >= 15 is 0 Å². The van der Waals surface area contributed by atoms with Gasteiger partial charge in [-0.05, 0) is 38.3 Å².